The fourth-order valence-electron chi connectivity index (χ4n) is 1.53. The molecular weight excluding hydrogens is 228 g/mol. The maximum Gasteiger partial charge on any atom is 0.221 e. The first-order valence-electron chi connectivity index (χ1n) is 6.66. The molecule has 0 aliphatic heterocycles. The second kappa shape index (κ2) is 7.93. The lowest BCUT2D eigenvalue weighted by Gasteiger charge is -2.07. The summed E-state index contributed by atoms with van der Waals surface area (Å²) in [5.41, 5.74) is 0. The van der Waals surface area contributed by atoms with Crippen LogP contribution in [-0.2, 0) is 17.8 Å². The normalized spacial score (nSPS) is 10.9. The van der Waals surface area contributed by atoms with E-state index in [9.17, 15) is 4.79 Å². The molecule has 0 saturated carbocycles. The molecule has 0 saturated heterocycles. The van der Waals surface area contributed by atoms with E-state index in [1.165, 1.54) is 0 Å². The highest BCUT2D eigenvalue weighted by atomic mass is 16.3. The molecule has 4 nitrogen and oxygen atoms in total. The van der Waals surface area contributed by atoms with Crippen LogP contribution in [0.5, 0.6) is 0 Å². The summed E-state index contributed by atoms with van der Waals surface area (Å²) in [6, 6.07) is 3.97. The van der Waals surface area contributed by atoms with E-state index >= 15 is 0 Å². The van der Waals surface area contributed by atoms with E-state index in [1.807, 2.05) is 12.1 Å². The van der Waals surface area contributed by atoms with Crippen molar-refractivity contribution in [1.29, 1.82) is 0 Å². The number of aryl methyl sites for hydroxylation is 1. The second-order valence-electron chi connectivity index (χ2n) is 4.85. The lowest BCUT2D eigenvalue weighted by molar-refractivity contribution is -0.121. The van der Waals surface area contributed by atoms with Gasteiger partial charge in [-0.15, -0.1) is 0 Å². The zero-order chi connectivity index (χ0) is 13.4. The summed E-state index contributed by atoms with van der Waals surface area (Å²) in [5, 5.41) is 6.09. The first-order chi connectivity index (χ1) is 8.61. The summed E-state index contributed by atoms with van der Waals surface area (Å²) >= 11 is 0. The molecule has 0 spiro atoms. The third-order valence-electron chi connectivity index (χ3n) is 2.60. The van der Waals surface area contributed by atoms with Crippen LogP contribution in [0.4, 0.5) is 0 Å². The molecule has 1 aromatic rings. The number of carbonyl (C=O) groups is 1. The average molecular weight is 252 g/mol. The first kappa shape index (κ1) is 14.8. The summed E-state index contributed by atoms with van der Waals surface area (Å²) in [5.74, 6) is 2.53. The van der Waals surface area contributed by atoms with E-state index in [-0.39, 0.29) is 5.91 Å². The van der Waals surface area contributed by atoms with Gasteiger partial charge in [-0.05, 0) is 18.1 Å². The Morgan fingerprint density at radius 1 is 1.33 bits per heavy atom. The van der Waals surface area contributed by atoms with Crippen molar-refractivity contribution in [2.24, 2.45) is 5.92 Å². The fraction of sp³-hybridized carbons (Fsp3) is 0.643. The van der Waals surface area contributed by atoms with Crippen LogP contribution in [0.3, 0.4) is 0 Å². The number of hydrogen-bond donors (Lipinski definition) is 2. The van der Waals surface area contributed by atoms with Crippen LogP contribution in [0.2, 0.25) is 0 Å². The Morgan fingerprint density at radius 3 is 2.67 bits per heavy atom. The van der Waals surface area contributed by atoms with E-state index in [1.54, 1.807) is 0 Å². The zero-order valence-corrected chi connectivity index (χ0v) is 11.6. The van der Waals surface area contributed by atoms with Gasteiger partial charge in [-0.25, -0.2) is 0 Å². The highest BCUT2D eigenvalue weighted by molar-refractivity contribution is 5.76. The van der Waals surface area contributed by atoms with Crippen molar-refractivity contribution < 1.29 is 9.21 Å². The van der Waals surface area contributed by atoms with Crippen molar-refractivity contribution in [2.45, 2.75) is 40.2 Å². The van der Waals surface area contributed by atoms with Crippen molar-refractivity contribution in [3.05, 3.63) is 23.7 Å². The largest absolute Gasteiger partial charge is 0.465 e. The molecule has 1 heterocycles. The van der Waals surface area contributed by atoms with Gasteiger partial charge in [-0.2, -0.15) is 0 Å². The topological polar surface area (TPSA) is 54.3 Å². The van der Waals surface area contributed by atoms with Crippen LogP contribution in [-0.4, -0.2) is 19.0 Å². The minimum absolute atomic E-state index is 0.102. The Morgan fingerprint density at radius 2 is 2.06 bits per heavy atom. The minimum atomic E-state index is 0.102. The molecule has 2 N–H and O–H groups in total. The predicted octanol–water partition coefficient (Wildman–Crippen LogP) is 2.09. The van der Waals surface area contributed by atoms with Crippen molar-refractivity contribution in [3.8, 4) is 0 Å². The first-order valence-corrected chi connectivity index (χ1v) is 6.66. The number of furan rings is 1. The van der Waals surface area contributed by atoms with Crippen LogP contribution in [0, 0.1) is 5.92 Å². The van der Waals surface area contributed by atoms with Crippen LogP contribution < -0.4 is 10.6 Å². The maximum absolute atomic E-state index is 11.4. The Hall–Kier alpha value is -1.29. The van der Waals surface area contributed by atoms with E-state index in [2.05, 4.69) is 31.4 Å². The summed E-state index contributed by atoms with van der Waals surface area (Å²) in [4.78, 5) is 11.4. The van der Waals surface area contributed by atoms with Gasteiger partial charge in [0, 0.05) is 25.9 Å². The van der Waals surface area contributed by atoms with Gasteiger partial charge in [-0.1, -0.05) is 20.8 Å². The maximum atomic E-state index is 11.4. The molecule has 0 aliphatic carbocycles. The van der Waals surface area contributed by atoms with Gasteiger partial charge in [0.15, 0.2) is 0 Å². The van der Waals surface area contributed by atoms with Crippen LogP contribution in [0.1, 0.15) is 38.7 Å². The zero-order valence-electron chi connectivity index (χ0n) is 11.6. The lowest BCUT2D eigenvalue weighted by Crippen LogP contribution is -2.30. The quantitative estimate of drug-likeness (QED) is 0.697. The Labute approximate surface area is 109 Å². The SMILES string of the molecule is CCc1ccc(CNCCC(=O)NCC(C)C)o1. The number of amides is 1. The standard InChI is InChI=1S/C14H24N2O2/c1-4-12-5-6-13(18-12)10-15-8-7-14(17)16-9-11(2)3/h5-6,11,15H,4,7-10H2,1-3H3,(H,16,17). The molecule has 0 fully saturated rings. The average Bonchev–Trinajstić information content (AvgIpc) is 2.80. The van der Waals surface area contributed by atoms with Gasteiger partial charge in [0.2, 0.25) is 5.91 Å². The molecule has 1 aromatic heterocycles. The molecular formula is C14H24N2O2. The molecule has 0 radical (unpaired) electrons. The lowest BCUT2D eigenvalue weighted by atomic mass is 10.2. The molecule has 0 unspecified atom stereocenters. The molecule has 0 aromatic carbocycles. The number of hydrogen-bond acceptors (Lipinski definition) is 3. The predicted molar refractivity (Wildman–Crippen MR) is 72.3 cm³/mol. The van der Waals surface area contributed by atoms with Gasteiger partial charge in [0.25, 0.3) is 0 Å². The van der Waals surface area contributed by atoms with E-state index in [0.717, 1.165) is 24.5 Å². The van der Waals surface area contributed by atoms with Gasteiger partial charge in [-0.3, -0.25) is 4.79 Å². The van der Waals surface area contributed by atoms with Crippen LogP contribution in [0.15, 0.2) is 16.5 Å². The van der Waals surface area contributed by atoms with Crippen molar-refractivity contribution >= 4 is 5.91 Å². The molecule has 4 heteroatoms. The number of nitrogens with one attached hydrogen (secondary N) is 2. The molecule has 1 rings (SSSR count). The third-order valence-corrected chi connectivity index (χ3v) is 2.60. The van der Waals surface area contributed by atoms with Crippen molar-refractivity contribution in [3.63, 3.8) is 0 Å². The Bertz CT molecular complexity index is 358. The summed E-state index contributed by atoms with van der Waals surface area (Å²) in [7, 11) is 0. The van der Waals surface area contributed by atoms with Crippen LogP contribution >= 0.6 is 0 Å². The molecule has 0 atom stereocenters. The van der Waals surface area contributed by atoms with Gasteiger partial charge in [0.1, 0.15) is 11.5 Å². The van der Waals surface area contributed by atoms with Gasteiger partial charge < -0.3 is 15.1 Å². The Balaban J connectivity index is 2.09. The number of carbonyl (C=O) groups excluding carboxylic acids is 1. The van der Waals surface area contributed by atoms with Crippen LogP contribution in [0.25, 0.3) is 0 Å². The second-order valence-corrected chi connectivity index (χ2v) is 4.85. The number of rotatable bonds is 8. The third kappa shape index (κ3) is 5.87. The van der Waals surface area contributed by atoms with Gasteiger partial charge >= 0.3 is 0 Å². The molecule has 0 aliphatic rings. The van der Waals surface area contributed by atoms with E-state index in [0.29, 0.717) is 25.4 Å². The molecule has 0 bridgehead atoms. The van der Waals surface area contributed by atoms with E-state index < -0.39 is 0 Å². The fourth-order valence-corrected chi connectivity index (χ4v) is 1.53. The molecule has 18 heavy (non-hydrogen) atoms. The monoisotopic (exact) mass is 252 g/mol. The summed E-state index contributed by atoms with van der Waals surface area (Å²) in [6.07, 6.45) is 1.42. The molecule has 102 valence electrons. The Kier molecular flexibility index (Phi) is 6.50. The minimum Gasteiger partial charge on any atom is -0.465 e. The van der Waals surface area contributed by atoms with Gasteiger partial charge in [0.05, 0.1) is 6.54 Å². The smallest absolute Gasteiger partial charge is 0.221 e. The van der Waals surface area contributed by atoms with Crippen molar-refractivity contribution in [1.82, 2.24) is 10.6 Å². The summed E-state index contributed by atoms with van der Waals surface area (Å²) in [6.45, 7) is 8.33. The molecule has 1 amide bonds. The summed E-state index contributed by atoms with van der Waals surface area (Å²) < 4.78 is 5.56. The highest BCUT2D eigenvalue weighted by Crippen LogP contribution is 2.07. The van der Waals surface area contributed by atoms with Crippen molar-refractivity contribution in [2.75, 3.05) is 13.1 Å². The highest BCUT2D eigenvalue weighted by Gasteiger charge is 2.03. The van der Waals surface area contributed by atoms with E-state index in [4.69, 9.17) is 4.42 Å².